The van der Waals surface area contributed by atoms with Crippen LogP contribution in [0.25, 0.3) is 11.2 Å². The summed E-state index contributed by atoms with van der Waals surface area (Å²) in [6, 6.07) is 8.42. The van der Waals surface area contributed by atoms with Crippen LogP contribution in [0, 0.1) is 11.8 Å². The molecule has 0 unspecified atom stereocenters. The average molecular weight is 528 g/mol. The molecule has 0 radical (unpaired) electrons. The van der Waals surface area contributed by atoms with Crippen LogP contribution in [0.2, 0.25) is 0 Å². The van der Waals surface area contributed by atoms with Gasteiger partial charge in [-0.3, -0.25) is 29.3 Å². The largest absolute Gasteiger partial charge is 0.459 e. The summed E-state index contributed by atoms with van der Waals surface area (Å²) in [6.07, 6.45) is -1.20. The first-order valence-electron chi connectivity index (χ1n) is 12.1. The Hall–Kier alpha value is -4.10. The number of fused-ring (bicyclic) bond motifs is 1. The van der Waals surface area contributed by atoms with Gasteiger partial charge in [0.05, 0.1) is 11.9 Å². The molecule has 1 amide bonds. The highest BCUT2D eigenvalue weighted by Crippen LogP contribution is 2.39. The summed E-state index contributed by atoms with van der Waals surface area (Å²) < 4.78 is 18.7. The molecule has 3 heterocycles. The number of ether oxygens (including phenoxy) is 3. The Labute approximate surface area is 217 Å². The molecule has 1 aromatic carbocycles. The molecule has 4 atom stereocenters. The lowest BCUT2D eigenvalue weighted by Gasteiger charge is -2.23. The lowest BCUT2D eigenvalue weighted by Crippen LogP contribution is -2.33. The highest BCUT2D eigenvalue weighted by molar-refractivity contribution is 5.91. The molecular weight excluding hydrogens is 498 g/mol. The van der Waals surface area contributed by atoms with E-state index >= 15 is 0 Å². The second kappa shape index (κ2) is 11.5. The number of aromatic amines is 1. The summed E-state index contributed by atoms with van der Waals surface area (Å²) >= 11 is 0. The van der Waals surface area contributed by atoms with Crippen molar-refractivity contribution < 1.29 is 33.7 Å². The predicted molar refractivity (Wildman–Crippen MR) is 133 cm³/mol. The zero-order valence-corrected chi connectivity index (χ0v) is 21.1. The average Bonchev–Trinajstić information content (AvgIpc) is 3.44. The van der Waals surface area contributed by atoms with Crippen LogP contribution in [0.3, 0.4) is 0 Å². The van der Waals surface area contributed by atoms with Crippen molar-refractivity contribution in [3.05, 3.63) is 52.6 Å². The van der Waals surface area contributed by atoms with Crippen LogP contribution in [0.1, 0.15) is 43.8 Å². The van der Waals surface area contributed by atoms with Crippen molar-refractivity contribution in [1.29, 1.82) is 0 Å². The highest BCUT2D eigenvalue weighted by Gasteiger charge is 2.48. The van der Waals surface area contributed by atoms with Crippen molar-refractivity contribution in [2.75, 3.05) is 18.5 Å². The van der Waals surface area contributed by atoms with E-state index in [4.69, 9.17) is 14.2 Å². The Bertz CT molecular complexity index is 1370. The van der Waals surface area contributed by atoms with Gasteiger partial charge in [0.1, 0.15) is 12.7 Å². The lowest BCUT2D eigenvalue weighted by molar-refractivity contribution is -0.154. The number of hydrogen-bond donors (Lipinski definition) is 3. The van der Waals surface area contributed by atoms with Crippen LogP contribution in [0.5, 0.6) is 0 Å². The first-order chi connectivity index (χ1) is 18.2. The van der Waals surface area contributed by atoms with Gasteiger partial charge in [0.2, 0.25) is 11.9 Å². The fraction of sp³-hybridized carbons (Fsp3) is 0.440. The number of nitrogens with zero attached hydrogens (tertiary/aromatic N) is 3. The summed E-state index contributed by atoms with van der Waals surface area (Å²) in [6.45, 7) is 4.21. The number of carbonyl (C=O) groups is 3. The third-order valence-electron chi connectivity index (χ3n) is 6.12. The van der Waals surface area contributed by atoms with E-state index in [9.17, 15) is 24.3 Å². The number of aliphatic hydroxyl groups is 1. The maximum Gasteiger partial charge on any atom is 0.338 e. The quantitative estimate of drug-likeness (QED) is 0.345. The molecule has 202 valence electrons. The summed E-state index contributed by atoms with van der Waals surface area (Å²) in [7, 11) is 0. The molecule has 1 aliphatic heterocycles. The van der Waals surface area contributed by atoms with Crippen LogP contribution in [0.4, 0.5) is 5.95 Å². The predicted octanol–water partition coefficient (Wildman–Crippen LogP) is 1.40. The number of aromatic nitrogens is 4. The molecule has 4 rings (SSSR count). The number of carbonyl (C=O) groups excluding carboxylic acids is 3. The second-order valence-corrected chi connectivity index (χ2v) is 9.16. The molecule has 1 fully saturated rings. The third kappa shape index (κ3) is 5.73. The number of amides is 1. The molecule has 0 bridgehead atoms. The molecule has 0 aliphatic carbocycles. The van der Waals surface area contributed by atoms with Crippen molar-refractivity contribution in [2.24, 2.45) is 11.8 Å². The minimum absolute atomic E-state index is 0.0182. The second-order valence-electron chi connectivity index (χ2n) is 9.16. The maximum atomic E-state index is 12.6. The van der Waals surface area contributed by atoms with E-state index in [1.165, 1.54) is 17.8 Å². The van der Waals surface area contributed by atoms with Gasteiger partial charge in [-0.2, -0.15) is 4.98 Å². The minimum Gasteiger partial charge on any atom is -0.459 e. The van der Waals surface area contributed by atoms with Gasteiger partial charge in [-0.25, -0.2) is 9.78 Å². The summed E-state index contributed by atoms with van der Waals surface area (Å²) in [5.74, 6) is -2.49. The Morgan fingerprint density at radius 3 is 2.63 bits per heavy atom. The van der Waals surface area contributed by atoms with Crippen molar-refractivity contribution in [3.63, 3.8) is 0 Å². The number of hydrogen-bond acceptors (Lipinski definition) is 10. The third-order valence-corrected chi connectivity index (χ3v) is 6.12. The number of imidazole rings is 1. The van der Waals surface area contributed by atoms with Gasteiger partial charge < -0.3 is 19.3 Å². The first-order valence-corrected chi connectivity index (χ1v) is 12.1. The van der Waals surface area contributed by atoms with Gasteiger partial charge in [0.15, 0.2) is 23.5 Å². The molecule has 13 nitrogen and oxygen atoms in total. The number of rotatable bonds is 9. The number of anilines is 1. The summed E-state index contributed by atoms with van der Waals surface area (Å²) in [5, 5.41) is 12.3. The van der Waals surface area contributed by atoms with E-state index in [0.717, 1.165) is 0 Å². The van der Waals surface area contributed by atoms with Crippen molar-refractivity contribution in [1.82, 2.24) is 19.5 Å². The van der Waals surface area contributed by atoms with Crippen LogP contribution < -0.4 is 10.9 Å². The number of esters is 2. The molecule has 38 heavy (non-hydrogen) atoms. The molecule has 2 aromatic heterocycles. The fourth-order valence-corrected chi connectivity index (χ4v) is 4.25. The lowest BCUT2D eigenvalue weighted by atomic mass is 9.94. The number of aliphatic hydroxyl groups excluding tert-OH is 1. The number of nitrogens with one attached hydrogen (secondary N) is 2. The van der Waals surface area contributed by atoms with Gasteiger partial charge in [-0.1, -0.05) is 32.0 Å². The van der Waals surface area contributed by atoms with Gasteiger partial charge in [0, 0.05) is 25.4 Å². The van der Waals surface area contributed by atoms with Crippen molar-refractivity contribution >= 4 is 35.0 Å². The molecular formula is C25H29N5O8. The van der Waals surface area contributed by atoms with Crippen molar-refractivity contribution in [3.8, 4) is 0 Å². The molecule has 1 saturated heterocycles. The molecule has 0 saturated carbocycles. The zero-order chi connectivity index (χ0) is 27.4. The van der Waals surface area contributed by atoms with Gasteiger partial charge in [0.25, 0.3) is 5.56 Å². The van der Waals surface area contributed by atoms with Crippen molar-refractivity contribution in [2.45, 2.75) is 45.6 Å². The summed E-state index contributed by atoms with van der Waals surface area (Å²) in [4.78, 5) is 60.3. The summed E-state index contributed by atoms with van der Waals surface area (Å²) in [5.41, 5.74) is -0.164. The number of benzene rings is 1. The SMILES string of the molecule is CC(=O)O[C@@H]1[C@H](CCO)[C@@H](COC(=O)c2ccccc2)O[C@H]1n1cnc2c(=O)[nH]c(NC(=O)C(C)C)nc21. The van der Waals surface area contributed by atoms with E-state index in [2.05, 4.69) is 20.3 Å². The zero-order valence-electron chi connectivity index (χ0n) is 21.1. The van der Waals surface area contributed by atoms with Crippen LogP contribution in [-0.2, 0) is 23.8 Å². The number of H-pyrrole nitrogens is 1. The first kappa shape index (κ1) is 26.9. The van der Waals surface area contributed by atoms with E-state index in [0.29, 0.717) is 5.56 Å². The fourth-order valence-electron chi connectivity index (χ4n) is 4.25. The maximum absolute atomic E-state index is 12.6. The normalized spacial score (nSPS) is 21.0. The highest BCUT2D eigenvalue weighted by atomic mass is 16.6. The van der Waals surface area contributed by atoms with E-state index in [-0.39, 0.29) is 48.6 Å². The smallest absolute Gasteiger partial charge is 0.338 e. The van der Waals surface area contributed by atoms with E-state index < -0.39 is 41.9 Å². The standard InChI is InChI=1S/C25H29N5O8/c1-13(2)21(33)28-25-27-20-18(22(34)29-25)26-12-30(20)23-19(37-14(3)32)16(9-10-31)17(38-23)11-36-24(35)15-7-5-4-6-8-15/h4-8,12-13,16-17,19,23,31H,9-11H2,1-3H3,(H2,27,28,29,33,34)/t16-,17-,19-,23-/m1/s1. The van der Waals surface area contributed by atoms with Gasteiger partial charge in [-0.05, 0) is 18.6 Å². The monoisotopic (exact) mass is 527 g/mol. The van der Waals surface area contributed by atoms with Gasteiger partial charge >= 0.3 is 11.9 Å². The Balaban J connectivity index is 1.66. The topological polar surface area (TPSA) is 175 Å². The Kier molecular flexibility index (Phi) is 8.17. The van der Waals surface area contributed by atoms with Crippen LogP contribution in [-0.4, -0.2) is 67.9 Å². The molecule has 1 aliphatic rings. The molecule has 3 N–H and O–H groups in total. The van der Waals surface area contributed by atoms with Crippen LogP contribution >= 0.6 is 0 Å². The van der Waals surface area contributed by atoms with E-state index in [1.807, 2.05) is 0 Å². The Morgan fingerprint density at radius 1 is 1.24 bits per heavy atom. The molecule has 3 aromatic rings. The minimum atomic E-state index is -1.01. The molecule has 0 spiro atoms. The van der Waals surface area contributed by atoms with Gasteiger partial charge in [-0.15, -0.1) is 0 Å². The molecule has 13 heteroatoms. The van der Waals surface area contributed by atoms with Crippen LogP contribution in [0.15, 0.2) is 41.5 Å². The Morgan fingerprint density at radius 2 is 1.97 bits per heavy atom. The van der Waals surface area contributed by atoms with E-state index in [1.54, 1.807) is 44.2 Å².